The Morgan fingerprint density at radius 3 is 2.00 bits per heavy atom. The minimum atomic E-state index is -3.65. The highest BCUT2D eigenvalue weighted by molar-refractivity contribution is 7.89. The fourth-order valence-electron chi connectivity index (χ4n) is 5.67. The van der Waals surface area contributed by atoms with Crippen molar-refractivity contribution >= 4 is 20.8 Å². The molecule has 5 heteroatoms. The molecule has 0 amide bonds. The first kappa shape index (κ1) is 29.0. The fraction of sp³-hybridized carbons (Fsp3) is 0.353. The summed E-state index contributed by atoms with van der Waals surface area (Å²) in [6.07, 6.45) is 1.80. The summed E-state index contributed by atoms with van der Waals surface area (Å²) in [6, 6.07) is 30.1. The van der Waals surface area contributed by atoms with Crippen LogP contribution in [-0.4, -0.2) is 43.4 Å². The van der Waals surface area contributed by atoms with E-state index < -0.39 is 10.0 Å². The second kappa shape index (κ2) is 12.9. The Morgan fingerprint density at radius 2 is 1.33 bits per heavy atom. The van der Waals surface area contributed by atoms with Crippen molar-refractivity contribution in [2.75, 3.05) is 26.2 Å². The number of aryl methyl sites for hydroxylation is 2. The molecule has 206 valence electrons. The van der Waals surface area contributed by atoms with E-state index >= 15 is 0 Å². The van der Waals surface area contributed by atoms with Gasteiger partial charge in [-0.3, -0.25) is 0 Å². The average molecular weight is 544 g/mol. The molecule has 0 heterocycles. The molecule has 0 fully saturated rings. The van der Waals surface area contributed by atoms with E-state index in [-0.39, 0.29) is 0 Å². The molecule has 0 saturated heterocycles. The monoisotopic (exact) mass is 543 g/mol. The SMILES string of the molecule is CC[N+](CC)(CCCCN(Cc1ccccc1)S(=O)(=O)c1ccc2ccccc2c1)Cc1cc(C)cc(C)c1. The van der Waals surface area contributed by atoms with Crippen molar-refractivity contribution in [3.8, 4) is 0 Å². The maximum atomic E-state index is 13.9. The van der Waals surface area contributed by atoms with Gasteiger partial charge >= 0.3 is 0 Å². The van der Waals surface area contributed by atoms with Crippen molar-refractivity contribution < 1.29 is 12.9 Å². The van der Waals surface area contributed by atoms with E-state index in [0.717, 1.165) is 59.8 Å². The number of sulfonamides is 1. The van der Waals surface area contributed by atoms with Crippen LogP contribution >= 0.6 is 0 Å². The van der Waals surface area contributed by atoms with E-state index in [9.17, 15) is 8.42 Å². The molecule has 0 atom stereocenters. The molecule has 0 aromatic heterocycles. The van der Waals surface area contributed by atoms with Gasteiger partial charge in [-0.25, -0.2) is 8.42 Å². The third kappa shape index (κ3) is 7.36. The van der Waals surface area contributed by atoms with Gasteiger partial charge in [-0.1, -0.05) is 90.0 Å². The molecule has 0 unspecified atom stereocenters. The number of quaternary nitrogens is 1. The van der Waals surface area contributed by atoms with Crippen LogP contribution in [-0.2, 0) is 23.1 Å². The summed E-state index contributed by atoms with van der Waals surface area (Å²) in [6.45, 7) is 13.9. The topological polar surface area (TPSA) is 37.4 Å². The van der Waals surface area contributed by atoms with Gasteiger partial charge in [0.2, 0.25) is 10.0 Å². The van der Waals surface area contributed by atoms with Gasteiger partial charge in [0.1, 0.15) is 6.54 Å². The Kier molecular flexibility index (Phi) is 9.60. The Morgan fingerprint density at radius 1 is 0.692 bits per heavy atom. The van der Waals surface area contributed by atoms with E-state index in [2.05, 4.69) is 45.9 Å². The van der Waals surface area contributed by atoms with Crippen molar-refractivity contribution in [3.63, 3.8) is 0 Å². The molecule has 4 nitrogen and oxygen atoms in total. The van der Waals surface area contributed by atoms with Crippen LogP contribution < -0.4 is 0 Å². The maximum absolute atomic E-state index is 13.9. The van der Waals surface area contributed by atoms with E-state index in [1.54, 1.807) is 10.4 Å². The van der Waals surface area contributed by atoms with E-state index in [1.807, 2.05) is 66.7 Å². The van der Waals surface area contributed by atoms with Crippen molar-refractivity contribution in [1.29, 1.82) is 0 Å². The summed E-state index contributed by atoms with van der Waals surface area (Å²) in [4.78, 5) is 0.360. The molecule has 4 aromatic carbocycles. The van der Waals surface area contributed by atoms with Crippen molar-refractivity contribution in [2.45, 2.75) is 58.5 Å². The minimum absolute atomic E-state index is 0.360. The molecule has 0 saturated carbocycles. The lowest BCUT2D eigenvalue weighted by Gasteiger charge is -2.37. The van der Waals surface area contributed by atoms with Crippen LogP contribution in [0.1, 0.15) is 48.9 Å². The predicted octanol–water partition coefficient (Wildman–Crippen LogP) is 7.48. The van der Waals surface area contributed by atoms with Crippen LogP contribution in [0.5, 0.6) is 0 Å². The smallest absolute Gasteiger partial charge is 0.243 e. The van der Waals surface area contributed by atoms with Gasteiger partial charge in [0.25, 0.3) is 0 Å². The molecule has 0 aliphatic carbocycles. The van der Waals surface area contributed by atoms with Gasteiger partial charge in [-0.2, -0.15) is 4.31 Å². The lowest BCUT2D eigenvalue weighted by atomic mass is 10.1. The van der Waals surface area contributed by atoms with Crippen LogP contribution in [0.3, 0.4) is 0 Å². The molecule has 39 heavy (non-hydrogen) atoms. The minimum Gasteiger partial charge on any atom is -0.320 e. The number of hydrogen-bond acceptors (Lipinski definition) is 2. The van der Waals surface area contributed by atoms with E-state index in [0.29, 0.717) is 18.0 Å². The summed E-state index contributed by atoms with van der Waals surface area (Å²) in [5.41, 5.74) is 5.02. The van der Waals surface area contributed by atoms with Crippen LogP contribution in [0.2, 0.25) is 0 Å². The van der Waals surface area contributed by atoms with Gasteiger partial charge in [0.15, 0.2) is 0 Å². The predicted molar refractivity (Wildman–Crippen MR) is 163 cm³/mol. The molecule has 0 aliphatic heterocycles. The standard InChI is InChI=1S/C34H43N2O2S/c1-5-36(6-2,27-31-23-28(3)22-29(4)24-31)21-13-12-20-35(26-30-14-8-7-9-15-30)39(37,38)34-19-18-32-16-10-11-17-33(32)25-34/h7-11,14-19,22-25H,5-6,12-13,20-21,26-27H2,1-4H3/q+1. The highest BCUT2D eigenvalue weighted by Gasteiger charge is 2.27. The zero-order valence-corrected chi connectivity index (χ0v) is 24.8. The average Bonchev–Trinajstić information content (AvgIpc) is 2.93. The molecular weight excluding hydrogens is 500 g/mol. The summed E-state index contributed by atoms with van der Waals surface area (Å²) in [7, 11) is -3.65. The lowest BCUT2D eigenvalue weighted by molar-refractivity contribution is -0.938. The van der Waals surface area contributed by atoms with Crippen LogP contribution in [0, 0.1) is 13.8 Å². The Labute approximate surface area is 235 Å². The largest absolute Gasteiger partial charge is 0.320 e. The second-order valence-corrected chi connectivity index (χ2v) is 12.8. The van der Waals surface area contributed by atoms with Gasteiger partial charge < -0.3 is 4.48 Å². The van der Waals surface area contributed by atoms with Crippen LogP contribution in [0.4, 0.5) is 0 Å². The fourth-order valence-corrected chi connectivity index (χ4v) is 7.18. The third-order valence-corrected chi connectivity index (χ3v) is 9.83. The highest BCUT2D eigenvalue weighted by Crippen LogP contribution is 2.24. The Hall–Kier alpha value is -2.99. The molecule has 0 aliphatic rings. The summed E-state index contributed by atoms with van der Waals surface area (Å²) >= 11 is 0. The molecule has 0 radical (unpaired) electrons. The Balaban J connectivity index is 1.50. The first-order valence-electron chi connectivity index (χ1n) is 14.2. The van der Waals surface area contributed by atoms with Gasteiger partial charge in [0, 0.05) is 18.7 Å². The lowest BCUT2D eigenvalue weighted by Crippen LogP contribution is -2.47. The summed E-state index contributed by atoms with van der Waals surface area (Å²) < 4.78 is 30.5. The van der Waals surface area contributed by atoms with Gasteiger partial charge in [0.05, 0.1) is 24.5 Å². The first-order chi connectivity index (χ1) is 18.7. The highest BCUT2D eigenvalue weighted by atomic mass is 32.2. The summed E-state index contributed by atoms with van der Waals surface area (Å²) in [5, 5.41) is 1.99. The first-order valence-corrected chi connectivity index (χ1v) is 15.6. The number of hydrogen-bond donors (Lipinski definition) is 0. The number of rotatable bonds is 13. The molecule has 0 bridgehead atoms. The second-order valence-electron chi connectivity index (χ2n) is 10.9. The maximum Gasteiger partial charge on any atom is 0.243 e. The van der Waals surface area contributed by atoms with E-state index in [4.69, 9.17) is 0 Å². The van der Waals surface area contributed by atoms with E-state index in [1.165, 1.54) is 16.7 Å². The van der Waals surface area contributed by atoms with Crippen molar-refractivity contribution in [2.24, 2.45) is 0 Å². The molecule has 0 spiro atoms. The summed E-state index contributed by atoms with van der Waals surface area (Å²) in [5.74, 6) is 0. The van der Waals surface area contributed by atoms with Gasteiger partial charge in [-0.05, 0) is 69.0 Å². The zero-order chi connectivity index (χ0) is 27.9. The van der Waals surface area contributed by atoms with Crippen LogP contribution in [0.25, 0.3) is 10.8 Å². The third-order valence-electron chi connectivity index (χ3n) is 7.99. The normalized spacial score (nSPS) is 12.3. The van der Waals surface area contributed by atoms with Crippen LogP contribution in [0.15, 0.2) is 95.9 Å². The molecule has 4 rings (SSSR count). The van der Waals surface area contributed by atoms with Crippen molar-refractivity contribution in [3.05, 3.63) is 113 Å². The molecular formula is C34H43N2O2S+. The number of unbranched alkanes of at least 4 members (excludes halogenated alkanes) is 1. The molecule has 4 aromatic rings. The zero-order valence-electron chi connectivity index (χ0n) is 23.9. The van der Waals surface area contributed by atoms with Gasteiger partial charge in [-0.15, -0.1) is 0 Å². The molecule has 0 N–H and O–H groups in total. The quantitative estimate of drug-likeness (QED) is 0.129. The number of benzene rings is 4. The Bertz CT molecular complexity index is 1460. The number of fused-ring (bicyclic) bond motifs is 1. The van der Waals surface area contributed by atoms with Crippen molar-refractivity contribution in [1.82, 2.24) is 4.31 Å². The number of nitrogens with zero attached hydrogens (tertiary/aromatic N) is 2.